The smallest absolute Gasteiger partial charge is 0.263 e. The fraction of sp³-hybridized carbons (Fsp3) is 0.258. The monoisotopic (exact) mass is 557 g/mol. The minimum atomic E-state index is -0.213. The Balaban J connectivity index is 1.46. The fourth-order valence-electron chi connectivity index (χ4n) is 5.96. The normalized spacial score (nSPS) is 15.0. The number of carbonyl (C=O) groups is 1. The third kappa shape index (κ3) is 4.85. The van der Waals surface area contributed by atoms with E-state index in [0.29, 0.717) is 27.3 Å². The maximum Gasteiger partial charge on any atom is 0.263 e. The third-order valence-corrected chi connectivity index (χ3v) is 8.89. The van der Waals surface area contributed by atoms with Crippen LogP contribution in [0.25, 0.3) is 16.9 Å². The average Bonchev–Trinajstić information content (AvgIpc) is 3.40. The minimum Gasteiger partial charge on any atom is -0.497 e. The largest absolute Gasteiger partial charge is 0.497 e. The van der Waals surface area contributed by atoms with Gasteiger partial charge in [-0.15, -0.1) is 0 Å². The Labute approximate surface area is 236 Å². The molecule has 6 nitrogen and oxygen atoms in total. The SMILES string of the molecule is COc1ccc(-n2c(SCC(=O)Nc3cccc(Cl)c3)nc3c(c2=O)C2(CCCC2)Cc2ccccc2-3)cc1. The van der Waals surface area contributed by atoms with Crippen LogP contribution in [0.5, 0.6) is 5.75 Å². The van der Waals surface area contributed by atoms with Crippen molar-refractivity contribution >= 4 is 35.0 Å². The van der Waals surface area contributed by atoms with Crippen LogP contribution in [0.2, 0.25) is 5.02 Å². The van der Waals surface area contributed by atoms with Gasteiger partial charge in [-0.1, -0.05) is 66.5 Å². The Kier molecular flexibility index (Phi) is 6.95. The molecule has 2 aliphatic carbocycles. The number of anilines is 1. The summed E-state index contributed by atoms with van der Waals surface area (Å²) >= 11 is 7.33. The quantitative estimate of drug-likeness (QED) is 0.212. The molecule has 39 heavy (non-hydrogen) atoms. The zero-order valence-electron chi connectivity index (χ0n) is 21.6. The summed E-state index contributed by atoms with van der Waals surface area (Å²) in [7, 11) is 1.61. The molecule has 1 N–H and O–H groups in total. The number of rotatable bonds is 6. The van der Waals surface area contributed by atoms with Crippen molar-refractivity contribution < 1.29 is 9.53 Å². The van der Waals surface area contributed by atoms with Crippen molar-refractivity contribution in [2.75, 3.05) is 18.2 Å². The van der Waals surface area contributed by atoms with Gasteiger partial charge in [0.15, 0.2) is 5.16 Å². The number of aromatic nitrogens is 2. The van der Waals surface area contributed by atoms with Crippen molar-refractivity contribution in [2.45, 2.75) is 42.7 Å². The van der Waals surface area contributed by atoms with Crippen LogP contribution in [0.4, 0.5) is 5.69 Å². The molecule has 4 aromatic rings. The molecular formula is C31H28ClN3O3S. The summed E-state index contributed by atoms with van der Waals surface area (Å²) < 4.78 is 7.01. The van der Waals surface area contributed by atoms with Crippen LogP contribution in [0.15, 0.2) is 82.7 Å². The van der Waals surface area contributed by atoms with Crippen LogP contribution in [0.1, 0.15) is 36.8 Å². The van der Waals surface area contributed by atoms with E-state index in [2.05, 4.69) is 23.5 Å². The van der Waals surface area contributed by atoms with Crippen LogP contribution >= 0.6 is 23.4 Å². The number of benzene rings is 3. The molecule has 1 fully saturated rings. The van der Waals surface area contributed by atoms with E-state index >= 15 is 0 Å². The number of methoxy groups -OCH3 is 1. The summed E-state index contributed by atoms with van der Waals surface area (Å²) in [4.78, 5) is 32.5. The van der Waals surface area contributed by atoms with Crippen molar-refractivity contribution in [3.05, 3.63) is 99.3 Å². The standard InChI is InChI=1S/C31H28ClN3O3S/c1-38-24-13-11-23(12-14-24)35-29(37)27-28(25-10-3-2-7-20(25)18-31(27)15-4-5-16-31)34-30(35)39-19-26(36)33-22-9-6-8-21(32)17-22/h2-3,6-14,17H,4-5,15-16,18-19H2,1H3,(H,33,36). The van der Waals surface area contributed by atoms with E-state index < -0.39 is 0 Å². The molecule has 8 heteroatoms. The van der Waals surface area contributed by atoms with E-state index in [4.69, 9.17) is 21.3 Å². The number of amides is 1. The van der Waals surface area contributed by atoms with Gasteiger partial charge in [-0.2, -0.15) is 0 Å². The van der Waals surface area contributed by atoms with E-state index in [1.165, 1.54) is 17.3 Å². The highest BCUT2D eigenvalue weighted by Crippen LogP contribution is 2.50. The van der Waals surface area contributed by atoms with Crippen molar-refractivity contribution in [1.29, 1.82) is 0 Å². The Bertz CT molecular complexity index is 1610. The van der Waals surface area contributed by atoms with Crippen LogP contribution in [-0.4, -0.2) is 28.3 Å². The van der Waals surface area contributed by atoms with E-state index in [1.807, 2.05) is 30.3 Å². The first-order valence-electron chi connectivity index (χ1n) is 13.1. The third-order valence-electron chi connectivity index (χ3n) is 7.72. The van der Waals surface area contributed by atoms with Crippen LogP contribution < -0.4 is 15.6 Å². The summed E-state index contributed by atoms with van der Waals surface area (Å²) in [6, 6.07) is 22.7. The molecule has 0 atom stereocenters. The number of nitrogens with one attached hydrogen (secondary N) is 1. The molecule has 3 aromatic carbocycles. The highest BCUT2D eigenvalue weighted by molar-refractivity contribution is 7.99. The van der Waals surface area contributed by atoms with Gasteiger partial charge in [0.2, 0.25) is 5.91 Å². The molecule has 1 saturated carbocycles. The molecule has 0 aliphatic heterocycles. The number of hydrogen-bond donors (Lipinski definition) is 1. The molecule has 2 aliphatic rings. The topological polar surface area (TPSA) is 73.2 Å². The number of hydrogen-bond acceptors (Lipinski definition) is 5. The number of halogens is 1. The van der Waals surface area contributed by atoms with Crippen molar-refractivity contribution in [3.8, 4) is 22.7 Å². The van der Waals surface area contributed by atoms with Gasteiger partial charge in [0.1, 0.15) is 5.75 Å². The number of fused-ring (bicyclic) bond motifs is 4. The highest BCUT2D eigenvalue weighted by Gasteiger charge is 2.44. The molecule has 0 radical (unpaired) electrons. The van der Waals surface area contributed by atoms with Crippen LogP contribution in [0.3, 0.4) is 0 Å². The molecule has 1 heterocycles. The predicted molar refractivity (Wildman–Crippen MR) is 156 cm³/mol. The van der Waals surface area contributed by atoms with Gasteiger partial charge in [-0.25, -0.2) is 4.98 Å². The maximum absolute atomic E-state index is 14.5. The molecule has 0 saturated heterocycles. The molecule has 198 valence electrons. The molecule has 1 spiro atoms. The molecule has 0 unspecified atom stereocenters. The summed E-state index contributed by atoms with van der Waals surface area (Å²) in [6.07, 6.45) is 5.00. The van der Waals surface area contributed by atoms with Gasteiger partial charge >= 0.3 is 0 Å². The van der Waals surface area contributed by atoms with E-state index in [1.54, 1.807) is 35.9 Å². The second-order valence-corrected chi connectivity index (χ2v) is 11.5. The van der Waals surface area contributed by atoms with E-state index in [9.17, 15) is 9.59 Å². The van der Waals surface area contributed by atoms with E-state index in [-0.39, 0.29) is 22.6 Å². The number of carbonyl (C=O) groups excluding carboxylic acids is 1. The van der Waals surface area contributed by atoms with Crippen LogP contribution in [0, 0.1) is 0 Å². The Morgan fingerprint density at radius 2 is 1.85 bits per heavy atom. The number of ether oxygens (including phenoxy) is 1. The number of nitrogens with zero attached hydrogens (tertiary/aromatic N) is 2. The second-order valence-electron chi connectivity index (χ2n) is 10.1. The summed E-state index contributed by atoms with van der Waals surface area (Å²) in [5.74, 6) is 0.581. The summed E-state index contributed by atoms with van der Waals surface area (Å²) in [5.41, 5.74) is 4.85. The highest BCUT2D eigenvalue weighted by atomic mass is 35.5. The van der Waals surface area contributed by atoms with Gasteiger partial charge in [0, 0.05) is 21.7 Å². The van der Waals surface area contributed by atoms with Crippen LogP contribution in [-0.2, 0) is 16.6 Å². The Morgan fingerprint density at radius 3 is 2.59 bits per heavy atom. The van der Waals surface area contributed by atoms with Crippen molar-refractivity contribution in [1.82, 2.24) is 9.55 Å². The first-order valence-corrected chi connectivity index (χ1v) is 14.4. The lowest BCUT2D eigenvalue weighted by molar-refractivity contribution is -0.113. The summed E-state index contributed by atoms with van der Waals surface area (Å²) in [5, 5.41) is 3.91. The number of thioether (sulfide) groups is 1. The Hall–Kier alpha value is -3.55. The van der Waals surface area contributed by atoms with E-state index in [0.717, 1.165) is 48.9 Å². The van der Waals surface area contributed by atoms with Gasteiger partial charge in [-0.05, 0) is 67.3 Å². The summed E-state index contributed by atoms with van der Waals surface area (Å²) in [6.45, 7) is 0. The molecule has 0 bridgehead atoms. The van der Waals surface area contributed by atoms with Crippen molar-refractivity contribution in [3.63, 3.8) is 0 Å². The lowest BCUT2D eigenvalue weighted by atomic mass is 9.68. The minimum absolute atomic E-state index is 0.0562. The molecular weight excluding hydrogens is 530 g/mol. The second kappa shape index (κ2) is 10.5. The molecule has 1 amide bonds. The van der Waals surface area contributed by atoms with Gasteiger partial charge in [-0.3, -0.25) is 14.2 Å². The first kappa shape index (κ1) is 25.7. The first-order chi connectivity index (χ1) is 19.0. The zero-order chi connectivity index (χ0) is 27.0. The fourth-order valence-corrected chi connectivity index (χ4v) is 6.96. The predicted octanol–water partition coefficient (Wildman–Crippen LogP) is 6.66. The average molecular weight is 558 g/mol. The Morgan fingerprint density at radius 1 is 1.08 bits per heavy atom. The lowest BCUT2D eigenvalue weighted by Crippen LogP contribution is -2.40. The van der Waals surface area contributed by atoms with Gasteiger partial charge in [0.05, 0.1) is 29.8 Å². The zero-order valence-corrected chi connectivity index (χ0v) is 23.1. The lowest BCUT2D eigenvalue weighted by Gasteiger charge is -2.36. The molecule has 1 aromatic heterocycles. The van der Waals surface area contributed by atoms with Gasteiger partial charge < -0.3 is 10.1 Å². The molecule has 6 rings (SSSR count). The van der Waals surface area contributed by atoms with Gasteiger partial charge in [0.25, 0.3) is 5.56 Å². The van der Waals surface area contributed by atoms with Crippen molar-refractivity contribution in [2.24, 2.45) is 0 Å². The maximum atomic E-state index is 14.5.